The van der Waals surface area contributed by atoms with Crippen molar-refractivity contribution in [1.29, 1.82) is 0 Å². The van der Waals surface area contributed by atoms with Gasteiger partial charge in [-0.25, -0.2) is 0 Å². The molecule has 1 aliphatic rings. The van der Waals surface area contributed by atoms with Crippen molar-refractivity contribution in [2.75, 3.05) is 5.32 Å². The van der Waals surface area contributed by atoms with E-state index in [4.69, 9.17) is 0 Å². The van der Waals surface area contributed by atoms with Gasteiger partial charge in [0.1, 0.15) is 0 Å². The Hall–Kier alpha value is -2.69. The zero-order chi connectivity index (χ0) is 17.3. The van der Waals surface area contributed by atoms with E-state index in [2.05, 4.69) is 71.1 Å². The Morgan fingerprint density at radius 1 is 0.920 bits per heavy atom. The average molecular weight is 333 g/mol. The quantitative estimate of drug-likeness (QED) is 0.779. The molecule has 0 radical (unpaired) electrons. The second-order valence-electron chi connectivity index (χ2n) is 6.93. The molecule has 1 saturated carbocycles. The van der Waals surface area contributed by atoms with Gasteiger partial charge in [-0.1, -0.05) is 49.2 Å². The molecule has 1 heterocycles. The van der Waals surface area contributed by atoms with Crippen molar-refractivity contribution in [2.24, 2.45) is 0 Å². The molecule has 0 unspecified atom stereocenters. The van der Waals surface area contributed by atoms with E-state index >= 15 is 0 Å². The summed E-state index contributed by atoms with van der Waals surface area (Å²) in [5.41, 5.74) is 4.38. The summed E-state index contributed by atoms with van der Waals surface area (Å²) in [5, 5.41) is 16.6. The Morgan fingerprint density at radius 3 is 2.32 bits per heavy atom. The van der Waals surface area contributed by atoms with Gasteiger partial charge in [0, 0.05) is 5.69 Å². The number of anilines is 1. The van der Waals surface area contributed by atoms with E-state index in [0.29, 0.717) is 0 Å². The molecule has 4 rings (SSSR count). The van der Waals surface area contributed by atoms with Crippen LogP contribution in [-0.4, -0.2) is 20.2 Å². The first-order valence-corrected chi connectivity index (χ1v) is 8.88. The highest BCUT2D eigenvalue weighted by molar-refractivity contribution is 5.53. The SMILES string of the molecule is Cc1ccccc1NC1(c2nnnn2-c2ccccc2C)CCCC1. The lowest BCUT2D eigenvalue weighted by Gasteiger charge is -2.31. The molecule has 0 amide bonds. The van der Waals surface area contributed by atoms with Crippen LogP contribution < -0.4 is 5.32 Å². The maximum absolute atomic E-state index is 4.45. The van der Waals surface area contributed by atoms with Crippen molar-refractivity contribution >= 4 is 5.69 Å². The van der Waals surface area contributed by atoms with Crippen molar-refractivity contribution in [3.63, 3.8) is 0 Å². The summed E-state index contributed by atoms with van der Waals surface area (Å²) in [6, 6.07) is 16.7. The second-order valence-corrected chi connectivity index (χ2v) is 6.93. The van der Waals surface area contributed by atoms with Gasteiger partial charge in [-0.15, -0.1) is 5.10 Å². The first kappa shape index (κ1) is 15.8. The third kappa shape index (κ3) is 2.80. The van der Waals surface area contributed by atoms with E-state index in [1.165, 1.54) is 24.0 Å². The highest BCUT2D eigenvalue weighted by atomic mass is 15.6. The normalized spacial score (nSPS) is 16.1. The minimum atomic E-state index is -0.224. The minimum Gasteiger partial charge on any atom is -0.372 e. The van der Waals surface area contributed by atoms with Crippen LogP contribution in [0, 0.1) is 13.8 Å². The molecule has 25 heavy (non-hydrogen) atoms. The van der Waals surface area contributed by atoms with Gasteiger partial charge in [0.15, 0.2) is 5.82 Å². The zero-order valence-corrected chi connectivity index (χ0v) is 14.7. The number of aryl methyl sites for hydroxylation is 2. The largest absolute Gasteiger partial charge is 0.372 e. The molecule has 0 spiro atoms. The summed E-state index contributed by atoms with van der Waals surface area (Å²) < 4.78 is 1.91. The van der Waals surface area contributed by atoms with E-state index < -0.39 is 0 Å². The number of para-hydroxylation sites is 2. The predicted octanol–water partition coefficient (Wildman–Crippen LogP) is 4.16. The number of hydrogen-bond donors (Lipinski definition) is 1. The van der Waals surface area contributed by atoms with Gasteiger partial charge >= 0.3 is 0 Å². The Morgan fingerprint density at radius 2 is 1.60 bits per heavy atom. The van der Waals surface area contributed by atoms with Crippen LogP contribution in [0.2, 0.25) is 0 Å². The maximum atomic E-state index is 4.45. The molecule has 1 aliphatic carbocycles. The lowest BCUT2D eigenvalue weighted by atomic mass is 9.95. The van der Waals surface area contributed by atoms with E-state index in [0.717, 1.165) is 30.0 Å². The molecule has 5 heteroatoms. The highest BCUT2D eigenvalue weighted by Crippen LogP contribution is 2.41. The molecule has 1 N–H and O–H groups in total. The van der Waals surface area contributed by atoms with Crippen molar-refractivity contribution in [1.82, 2.24) is 20.2 Å². The standard InChI is InChI=1S/C20H23N5/c1-15-9-3-5-11-17(15)21-20(13-7-8-14-20)19-22-23-24-25(19)18-12-6-4-10-16(18)2/h3-6,9-12,21H,7-8,13-14H2,1-2H3. The fourth-order valence-electron chi connectivity index (χ4n) is 3.80. The monoisotopic (exact) mass is 333 g/mol. The van der Waals surface area contributed by atoms with Gasteiger partial charge in [-0.2, -0.15) is 4.68 Å². The molecule has 3 aromatic rings. The van der Waals surface area contributed by atoms with Crippen LogP contribution in [-0.2, 0) is 5.54 Å². The van der Waals surface area contributed by atoms with Gasteiger partial charge < -0.3 is 5.32 Å². The Bertz CT molecular complexity index is 877. The van der Waals surface area contributed by atoms with Crippen molar-refractivity contribution in [3.05, 3.63) is 65.5 Å². The smallest absolute Gasteiger partial charge is 0.181 e. The summed E-state index contributed by atoms with van der Waals surface area (Å²) in [7, 11) is 0. The van der Waals surface area contributed by atoms with Crippen LogP contribution in [0.5, 0.6) is 0 Å². The molecule has 2 aromatic carbocycles. The van der Waals surface area contributed by atoms with Gasteiger partial charge in [-0.3, -0.25) is 0 Å². The van der Waals surface area contributed by atoms with Crippen molar-refractivity contribution < 1.29 is 0 Å². The summed E-state index contributed by atoms with van der Waals surface area (Å²) in [4.78, 5) is 0. The number of aromatic nitrogens is 4. The molecule has 5 nitrogen and oxygen atoms in total. The topological polar surface area (TPSA) is 55.6 Å². The molecular weight excluding hydrogens is 310 g/mol. The highest BCUT2D eigenvalue weighted by Gasteiger charge is 2.41. The predicted molar refractivity (Wildman–Crippen MR) is 98.8 cm³/mol. The second kappa shape index (κ2) is 6.31. The summed E-state index contributed by atoms with van der Waals surface area (Å²) in [6.07, 6.45) is 4.43. The average Bonchev–Trinajstić information content (AvgIpc) is 3.27. The number of tetrazole rings is 1. The van der Waals surface area contributed by atoms with Crippen LogP contribution in [0.15, 0.2) is 48.5 Å². The van der Waals surface area contributed by atoms with Crippen molar-refractivity contribution in [3.8, 4) is 5.69 Å². The third-order valence-corrected chi connectivity index (χ3v) is 5.22. The lowest BCUT2D eigenvalue weighted by Crippen LogP contribution is -2.36. The molecule has 0 saturated heterocycles. The summed E-state index contributed by atoms with van der Waals surface area (Å²) in [5.74, 6) is 0.905. The number of nitrogens with zero attached hydrogens (tertiary/aromatic N) is 4. The summed E-state index contributed by atoms with van der Waals surface area (Å²) >= 11 is 0. The fraction of sp³-hybridized carbons (Fsp3) is 0.350. The van der Waals surface area contributed by atoms with Crippen LogP contribution >= 0.6 is 0 Å². The van der Waals surface area contributed by atoms with Crippen LogP contribution in [0.1, 0.15) is 42.6 Å². The van der Waals surface area contributed by atoms with E-state index in [1.54, 1.807) is 0 Å². The number of hydrogen-bond acceptors (Lipinski definition) is 4. The Labute approximate surface area is 148 Å². The Balaban J connectivity index is 1.80. The van der Waals surface area contributed by atoms with Crippen LogP contribution in [0.4, 0.5) is 5.69 Å². The van der Waals surface area contributed by atoms with Gasteiger partial charge in [0.2, 0.25) is 0 Å². The molecule has 0 bridgehead atoms. The number of rotatable bonds is 4. The van der Waals surface area contributed by atoms with Gasteiger partial charge in [0.25, 0.3) is 0 Å². The van der Waals surface area contributed by atoms with Gasteiger partial charge in [0.05, 0.1) is 11.2 Å². The minimum absolute atomic E-state index is 0.224. The number of nitrogens with one attached hydrogen (secondary N) is 1. The molecule has 0 aliphatic heterocycles. The first-order valence-electron chi connectivity index (χ1n) is 8.88. The molecule has 1 aromatic heterocycles. The van der Waals surface area contributed by atoms with Gasteiger partial charge in [-0.05, 0) is 60.4 Å². The van der Waals surface area contributed by atoms with Crippen molar-refractivity contribution in [2.45, 2.75) is 45.1 Å². The lowest BCUT2D eigenvalue weighted by molar-refractivity contribution is 0.461. The van der Waals surface area contributed by atoms with E-state index in [1.807, 2.05) is 16.8 Å². The third-order valence-electron chi connectivity index (χ3n) is 5.22. The van der Waals surface area contributed by atoms with Crippen LogP contribution in [0.25, 0.3) is 5.69 Å². The fourth-order valence-corrected chi connectivity index (χ4v) is 3.80. The number of benzene rings is 2. The zero-order valence-electron chi connectivity index (χ0n) is 14.7. The van der Waals surface area contributed by atoms with E-state index in [-0.39, 0.29) is 5.54 Å². The molecule has 1 fully saturated rings. The summed E-state index contributed by atoms with van der Waals surface area (Å²) in [6.45, 7) is 4.23. The molecule has 0 atom stereocenters. The Kier molecular flexibility index (Phi) is 3.99. The molecule has 128 valence electrons. The van der Waals surface area contributed by atoms with E-state index in [9.17, 15) is 0 Å². The van der Waals surface area contributed by atoms with Crippen LogP contribution in [0.3, 0.4) is 0 Å². The molecular formula is C20H23N5. The maximum Gasteiger partial charge on any atom is 0.181 e. The first-order chi connectivity index (χ1) is 12.2.